The molecule has 2 N–H and O–H groups in total. The number of hydrogen-bond acceptors (Lipinski definition) is 7. The Bertz CT molecular complexity index is 1570. The van der Waals surface area contributed by atoms with Crippen LogP contribution in [0.15, 0.2) is 58.2 Å². The van der Waals surface area contributed by atoms with Gasteiger partial charge in [-0.3, -0.25) is 4.79 Å². The van der Waals surface area contributed by atoms with E-state index < -0.39 is 10.0 Å². The number of sulfonamides is 1. The van der Waals surface area contributed by atoms with E-state index in [9.17, 15) is 13.2 Å². The van der Waals surface area contributed by atoms with E-state index in [-0.39, 0.29) is 16.3 Å². The minimum atomic E-state index is -3.68. The molecule has 10 nitrogen and oxygen atoms in total. The van der Waals surface area contributed by atoms with E-state index in [0.29, 0.717) is 47.2 Å². The number of nitrogens with one attached hydrogen (secondary N) is 2. The Balaban J connectivity index is 1.54. The van der Waals surface area contributed by atoms with Crippen molar-refractivity contribution in [2.45, 2.75) is 30.7 Å². The molecule has 0 bridgehead atoms. The lowest BCUT2D eigenvalue weighted by atomic mass is 10.1. The molecule has 4 aromatic rings. The molecule has 0 atom stereocenters. The van der Waals surface area contributed by atoms with Crippen LogP contribution in [0.25, 0.3) is 28.1 Å². The largest absolute Gasteiger partial charge is 0.496 e. The standard InChI is InChI=1S/C25H28N6O4S/c1-16-22-23(31(29-16)18-7-5-4-6-8-18)25(32)28-24(27-22)20-10-9-19(15-21(20)35-3)36(33,34)30-13-11-17(26-2)12-14-30/h4-10,15,17,26H,11-14H2,1-3H3,(H,27,28,32). The minimum absolute atomic E-state index is 0.141. The van der Waals surface area contributed by atoms with Crippen molar-refractivity contribution in [3.63, 3.8) is 0 Å². The van der Waals surface area contributed by atoms with E-state index in [1.165, 1.54) is 23.5 Å². The maximum absolute atomic E-state index is 13.3. The first-order chi connectivity index (χ1) is 17.3. The third-order valence-electron chi connectivity index (χ3n) is 6.63. The molecule has 36 heavy (non-hydrogen) atoms. The molecule has 11 heteroatoms. The van der Waals surface area contributed by atoms with Crippen LogP contribution in [0.3, 0.4) is 0 Å². The Labute approximate surface area is 209 Å². The summed E-state index contributed by atoms with van der Waals surface area (Å²) in [7, 11) is -0.330. The summed E-state index contributed by atoms with van der Waals surface area (Å²) >= 11 is 0. The highest BCUT2D eigenvalue weighted by Crippen LogP contribution is 2.32. The molecule has 3 heterocycles. The predicted molar refractivity (Wildman–Crippen MR) is 137 cm³/mol. The molecule has 5 rings (SSSR count). The number of aromatic amines is 1. The van der Waals surface area contributed by atoms with Crippen molar-refractivity contribution in [1.29, 1.82) is 0 Å². The number of ether oxygens (including phenoxy) is 1. The third-order valence-corrected chi connectivity index (χ3v) is 8.52. The van der Waals surface area contributed by atoms with Gasteiger partial charge in [0.15, 0.2) is 5.52 Å². The zero-order valence-electron chi connectivity index (χ0n) is 20.4. The van der Waals surface area contributed by atoms with Gasteiger partial charge in [0, 0.05) is 25.2 Å². The molecule has 0 amide bonds. The van der Waals surface area contributed by atoms with Gasteiger partial charge in [0.1, 0.15) is 17.1 Å². The average Bonchev–Trinajstić information content (AvgIpc) is 3.25. The van der Waals surface area contributed by atoms with Crippen molar-refractivity contribution in [3.8, 4) is 22.8 Å². The third kappa shape index (κ3) is 4.19. The number of rotatable bonds is 6. The van der Waals surface area contributed by atoms with Crippen LogP contribution in [-0.4, -0.2) is 65.8 Å². The van der Waals surface area contributed by atoms with E-state index in [2.05, 4.69) is 20.4 Å². The first-order valence-electron chi connectivity index (χ1n) is 11.7. The molecule has 1 aliphatic rings. The number of piperidine rings is 1. The van der Waals surface area contributed by atoms with Crippen LogP contribution in [0.4, 0.5) is 0 Å². The second kappa shape index (κ2) is 9.49. The number of methoxy groups -OCH3 is 1. The highest BCUT2D eigenvalue weighted by Gasteiger charge is 2.30. The van der Waals surface area contributed by atoms with Gasteiger partial charge in [-0.1, -0.05) is 18.2 Å². The molecule has 2 aromatic heterocycles. The number of aromatic nitrogens is 4. The zero-order valence-corrected chi connectivity index (χ0v) is 21.2. The molecule has 1 aliphatic heterocycles. The number of H-pyrrole nitrogens is 1. The Morgan fingerprint density at radius 1 is 1.11 bits per heavy atom. The molecular formula is C25H28N6O4S. The van der Waals surface area contributed by atoms with Crippen molar-refractivity contribution in [2.75, 3.05) is 27.2 Å². The van der Waals surface area contributed by atoms with Gasteiger partial charge in [0.05, 0.1) is 29.0 Å². The van der Waals surface area contributed by atoms with Gasteiger partial charge in [-0.25, -0.2) is 18.1 Å². The monoisotopic (exact) mass is 508 g/mol. The maximum atomic E-state index is 13.3. The lowest BCUT2D eigenvalue weighted by Crippen LogP contribution is -2.43. The number of fused-ring (bicyclic) bond motifs is 1. The van der Waals surface area contributed by atoms with Crippen LogP contribution in [0, 0.1) is 6.92 Å². The van der Waals surface area contributed by atoms with E-state index in [4.69, 9.17) is 4.74 Å². The lowest BCUT2D eigenvalue weighted by Gasteiger charge is -2.31. The molecule has 2 aromatic carbocycles. The summed E-state index contributed by atoms with van der Waals surface area (Å²) in [6.07, 6.45) is 1.51. The summed E-state index contributed by atoms with van der Waals surface area (Å²) in [6.45, 7) is 2.70. The first kappa shape index (κ1) is 24.2. The van der Waals surface area contributed by atoms with Crippen LogP contribution >= 0.6 is 0 Å². The fourth-order valence-electron chi connectivity index (χ4n) is 4.61. The average molecular weight is 509 g/mol. The number of benzene rings is 2. The maximum Gasteiger partial charge on any atom is 0.277 e. The van der Waals surface area contributed by atoms with Gasteiger partial charge in [0.2, 0.25) is 10.0 Å². The molecule has 0 unspecified atom stereocenters. The fourth-order valence-corrected chi connectivity index (χ4v) is 6.09. The van der Waals surface area contributed by atoms with Crippen molar-refractivity contribution in [3.05, 3.63) is 64.6 Å². The summed E-state index contributed by atoms with van der Waals surface area (Å²) < 4.78 is 35.2. The Kier molecular flexibility index (Phi) is 6.37. The van der Waals surface area contributed by atoms with Crippen LogP contribution in [-0.2, 0) is 10.0 Å². The molecule has 1 saturated heterocycles. The van der Waals surface area contributed by atoms with Crippen LogP contribution < -0.4 is 15.6 Å². The summed E-state index contributed by atoms with van der Waals surface area (Å²) in [6, 6.07) is 14.3. The summed E-state index contributed by atoms with van der Waals surface area (Å²) in [4.78, 5) is 20.8. The van der Waals surface area contributed by atoms with Crippen LogP contribution in [0.5, 0.6) is 5.75 Å². The number of para-hydroxylation sites is 1. The summed E-state index contributed by atoms with van der Waals surface area (Å²) in [5.74, 6) is 0.579. The van der Waals surface area contributed by atoms with Gasteiger partial charge in [-0.2, -0.15) is 9.40 Å². The van der Waals surface area contributed by atoms with E-state index in [1.54, 1.807) is 17.7 Å². The van der Waals surface area contributed by atoms with Crippen molar-refractivity contribution in [1.82, 2.24) is 29.4 Å². The van der Waals surface area contributed by atoms with Gasteiger partial charge in [-0.15, -0.1) is 0 Å². The number of hydrogen-bond donors (Lipinski definition) is 2. The topological polar surface area (TPSA) is 122 Å². The number of aryl methyl sites for hydroxylation is 1. The number of nitrogens with zero attached hydrogens (tertiary/aromatic N) is 4. The van der Waals surface area contributed by atoms with Gasteiger partial charge >= 0.3 is 0 Å². The summed E-state index contributed by atoms with van der Waals surface area (Å²) in [5.41, 5.74) is 2.28. The normalized spacial score (nSPS) is 15.4. The van der Waals surface area contributed by atoms with Gasteiger partial charge in [0.25, 0.3) is 5.56 Å². The van der Waals surface area contributed by atoms with Crippen molar-refractivity contribution in [2.24, 2.45) is 0 Å². The molecule has 0 aliphatic carbocycles. The van der Waals surface area contributed by atoms with E-state index >= 15 is 0 Å². The van der Waals surface area contributed by atoms with Gasteiger partial charge in [-0.05, 0) is 51.1 Å². The van der Waals surface area contributed by atoms with Crippen LogP contribution in [0.2, 0.25) is 0 Å². The Morgan fingerprint density at radius 2 is 1.83 bits per heavy atom. The molecule has 0 spiro atoms. The fraction of sp³-hybridized carbons (Fsp3) is 0.320. The van der Waals surface area contributed by atoms with Crippen LogP contribution in [0.1, 0.15) is 18.5 Å². The first-order valence-corrected chi connectivity index (χ1v) is 13.2. The Hall–Kier alpha value is -3.54. The SMILES string of the molecule is CNC1CCN(S(=O)(=O)c2ccc(-c3nc4c(C)nn(-c5ccccc5)c4c(=O)[nH]3)c(OC)c2)CC1. The Morgan fingerprint density at radius 3 is 2.50 bits per heavy atom. The van der Waals surface area contributed by atoms with E-state index in [0.717, 1.165) is 18.5 Å². The van der Waals surface area contributed by atoms with E-state index in [1.807, 2.05) is 37.4 Å². The quantitative estimate of drug-likeness (QED) is 0.410. The smallest absolute Gasteiger partial charge is 0.277 e. The predicted octanol–water partition coefficient (Wildman–Crippen LogP) is 2.47. The molecule has 0 radical (unpaired) electrons. The second-order valence-electron chi connectivity index (χ2n) is 8.77. The molecule has 188 valence electrons. The molecule has 0 saturated carbocycles. The highest BCUT2D eigenvalue weighted by molar-refractivity contribution is 7.89. The molecular weight excluding hydrogens is 480 g/mol. The lowest BCUT2D eigenvalue weighted by molar-refractivity contribution is 0.298. The van der Waals surface area contributed by atoms with Crippen molar-refractivity contribution >= 4 is 21.1 Å². The summed E-state index contributed by atoms with van der Waals surface area (Å²) in [5, 5.41) is 7.73. The minimum Gasteiger partial charge on any atom is -0.496 e. The molecule has 1 fully saturated rings. The second-order valence-corrected chi connectivity index (χ2v) is 10.7. The zero-order chi connectivity index (χ0) is 25.4. The van der Waals surface area contributed by atoms with Gasteiger partial charge < -0.3 is 15.0 Å². The highest BCUT2D eigenvalue weighted by atomic mass is 32.2. The van der Waals surface area contributed by atoms with Crippen molar-refractivity contribution < 1.29 is 13.2 Å².